The molecule has 1 N–H and O–H groups in total. The van der Waals surface area contributed by atoms with Crippen LogP contribution in [0.1, 0.15) is 27.8 Å². The van der Waals surface area contributed by atoms with E-state index in [1.165, 1.54) is 11.1 Å². The molecule has 0 saturated heterocycles. The maximum atomic E-state index is 5.31. The smallest absolute Gasteiger partial charge is 0.275 e. The normalized spacial score (nSPS) is 11.8. The minimum Gasteiger partial charge on any atom is -1.00 e. The summed E-state index contributed by atoms with van der Waals surface area (Å²) in [4.78, 5) is 5.31. The number of benzene rings is 5. The lowest BCUT2D eigenvalue weighted by molar-refractivity contribution is -0.304. The van der Waals surface area contributed by atoms with Gasteiger partial charge in [0.25, 0.3) is 5.84 Å². The Morgan fingerprint density at radius 2 is 1.08 bits per heavy atom. The number of aryl methyl sites for hydroxylation is 3. The number of hydrogen-bond donors (Lipinski definition) is 1. The van der Waals surface area contributed by atoms with E-state index in [2.05, 4.69) is 146 Å². The monoisotopic (exact) mass is 529 g/mol. The first-order chi connectivity index (χ1) is 18.6. The number of hydrogen-bond acceptors (Lipinski definition) is 1. The predicted octanol–water partition coefficient (Wildman–Crippen LogP) is 5.60. The van der Waals surface area contributed by atoms with Crippen LogP contribution in [0, 0.1) is 20.8 Å². The molecule has 0 radical (unpaired) electrons. The molecule has 0 saturated carbocycles. The SMILES string of the molecule is Cc1ccc(NC(c2ccccc2)=[N+](C(=Nc2ccccc2C)c2ccccc2)c2ccc(C)cc2)cc1.[Cl-]. The maximum absolute atomic E-state index is 5.31. The third-order valence-electron chi connectivity index (χ3n) is 6.46. The Balaban J connectivity index is 0.00000353. The Morgan fingerprint density at radius 3 is 1.67 bits per heavy atom. The van der Waals surface area contributed by atoms with Gasteiger partial charge in [-0.3, -0.25) is 5.32 Å². The van der Waals surface area contributed by atoms with Crippen molar-refractivity contribution in [2.45, 2.75) is 20.8 Å². The number of amidine groups is 2. The molecular weight excluding hydrogens is 498 g/mol. The minimum absolute atomic E-state index is 0. The van der Waals surface area contributed by atoms with Gasteiger partial charge >= 0.3 is 0 Å². The first kappa shape index (κ1) is 27.6. The molecular formula is C35H32ClN3. The van der Waals surface area contributed by atoms with Gasteiger partial charge in [0.05, 0.1) is 11.3 Å². The molecule has 0 aromatic heterocycles. The zero-order valence-corrected chi connectivity index (χ0v) is 23.2. The lowest BCUT2D eigenvalue weighted by Crippen LogP contribution is -3.00. The highest BCUT2D eigenvalue weighted by molar-refractivity contribution is 6.10. The predicted molar refractivity (Wildman–Crippen MR) is 160 cm³/mol. The molecule has 194 valence electrons. The summed E-state index contributed by atoms with van der Waals surface area (Å²) >= 11 is 0. The van der Waals surface area contributed by atoms with Crippen molar-refractivity contribution in [2.24, 2.45) is 4.99 Å². The van der Waals surface area contributed by atoms with Crippen LogP contribution in [0.4, 0.5) is 17.1 Å². The van der Waals surface area contributed by atoms with E-state index in [1.54, 1.807) is 0 Å². The maximum Gasteiger partial charge on any atom is 0.275 e. The van der Waals surface area contributed by atoms with Crippen LogP contribution in [0.2, 0.25) is 0 Å². The Kier molecular flexibility index (Phi) is 9.09. The fourth-order valence-electron chi connectivity index (χ4n) is 4.31. The summed E-state index contributed by atoms with van der Waals surface area (Å²) in [6, 6.07) is 46.2. The van der Waals surface area contributed by atoms with Crippen LogP contribution in [0.3, 0.4) is 0 Å². The van der Waals surface area contributed by atoms with E-state index in [4.69, 9.17) is 4.99 Å². The second kappa shape index (κ2) is 12.9. The first-order valence-electron chi connectivity index (χ1n) is 12.9. The summed E-state index contributed by atoms with van der Waals surface area (Å²) in [5.41, 5.74) is 8.60. The largest absolute Gasteiger partial charge is 1.00 e. The van der Waals surface area contributed by atoms with Crippen molar-refractivity contribution in [3.63, 3.8) is 0 Å². The molecule has 0 atom stereocenters. The van der Waals surface area contributed by atoms with Crippen LogP contribution < -0.4 is 17.7 Å². The Hall–Kier alpha value is -4.47. The van der Waals surface area contributed by atoms with Crippen LogP contribution in [-0.2, 0) is 0 Å². The van der Waals surface area contributed by atoms with Gasteiger partial charge in [-0.05, 0) is 80.9 Å². The van der Waals surface area contributed by atoms with Crippen molar-refractivity contribution >= 4 is 28.7 Å². The zero-order chi connectivity index (χ0) is 26.3. The second-order valence-electron chi connectivity index (χ2n) is 9.46. The number of para-hydroxylation sites is 1. The van der Waals surface area contributed by atoms with Crippen LogP contribution in [-0.4, -0.2) is 16.2 Å². The number of rotatable bonds is 5. The fourth-order valence-corrected chi connectivity index (χ4v) is 4.31. The van der Waals surface area contributed by atoms with Crippen LogP contribution in [0.25, 0.3) is 0 Å². The van der Waals surface area contributed by atoms with Gasteiger partial charge in [0.1, 0.15) is 11.4 Å². The molecule has 0 aliphatic carbocycles. The van der Waals surface area contributed by atoms with Crippen LogP contribution in [0.5, 0.6) is 0 Å². The van der Waals surface area contributed by atoms with E-state index in [0.717, 1.165) is 45.4 Å². The summed E-state index contributed by atoms with van der Waals surface area (Å²) in [7, 11) is 0. The van der Waals surface area contributed by atoms with Crippen molar-refractivity contribution in [2.75, 3.05) is 5.32 Å². The van der Waals surface area contributed by atoms with E-state index in [9.17, 15) is 0 Å². The molecule has 39 heavy (non-hydrogen) atoms. The van der Waals surface area contributed by atoms with Crippen molar-refractivity contribution < 1.29 is 17.0 Å². The van der Waals surface area contributed by atoms with Gasteiger partial charge in [0.15, 0.2) is 0 Å². The molecule has 0 aliphatic heterocycles. The highest BCUT2D eigenvalue weighted by atomic mass is 35.5. The molecule has 5 aromatic carbocycles. The van der Waals surface area contributed by atoms with Gasteiger partial charge in [0.2, 0.25) is 5.84 Å². The molecule has 0 fully saturated rings. The van der Waals surface area contributed by atoms with Gasteiger partial charge in [-0.2, -0.15) is 4.58 Å². The van der Waals surface area contributed by atoms with Gasteiger partial charge < -0.3 is 12.4 Å². The first-order valence-corrected chi connectivity index (χ1v) is 12.9. The van der Waals surface area contributed by atoms with Gasteiger partial charge in [-0.15, -0.1) is 4.99 Å². The number of halogens is 1. The summed E-state index contributed by atoms with van der Waals surface area (Å²) in [6.45, 7) is 6.32. The van der Waals surface area contributed by atoms with E-state index < -0.39 is 0 Å². The summed E-state index contributed by atoms with van der Waals surface area (Å²) in [6.07, 6.45) is 0. The second-order valence-corrected chi connectivity index (χ2v) is 9.46. The number of nitrogens with one attached hydrogen (secondary N) is 1. The topological polar surface area (TPSA) is 27.4 Å². The summed E-state index contributed by atoms with van der Waals surface area (Å²) in [5.74, 6) is 1.76. The van der Waals surface area contributed by atoms with E-state index in [-0.39, 0.29) is 12.4 Å². The quantitative estimate of drug-likeness (QED) is 0.179. The van der Waals surface area contributed by atoms with E-state index in [1.807, 2.05) is 18.2 Å². The molecule has 3 nitrogen and oxygen atoms in total. The molecule has 0 unspecified atom stereocenters. The lowest BCUT2D eigenvalue weighted by Gasteiger charge is -2.17. The Morgan fingerprint density at radius 1 is 0.564 bits per heavy atom. The summed E-state index contributed by atoms with van der Waals surface area (Å²) < 4.78 is 2.23. The van der Waals surface area contributed by atoms with Crippen molar-refractivity contribution in [3.05, 3.63) is 161 Å². The molecule has 0 spiro atoms. The lowest BCUT2D eigenvalue weighted by atomic mass is 10.1. The Bertz CT molecular complexity index is 1570. The molecule has 0 amide bonds. The average molecular weight is 530 g/mol. The standard InChI is InChI=1S/C35H31N3.ClH/c1-26-18-22-31(23-19-26)36-34(29-13-6-4-7-14-29)38(32-24-20-27(2)21-25-32)35(30-15-8-5-9-16-30)37-33-17-11-10-12-28(33)3;/h4-25H,1-3H3;1H. The third kappa shape index (κ3) is 6.70. The van der Waals surface area contributed by atoms with Crippen LogP contribution in [0.15, 0.2) is 138 Å². The Labute approximate surface area is 237 Å². The average Bonchev–Trinajstić information content (AvgIpc) is 2.96. The third-order valence-corrected chi connectivity index (χ3v) is 6.46. The zero-order valence-electron chi connectivity index (χ0n) is 22.5. The number of anilines is 1. The van der Waals surface area contributed by atoms with Gasteiger partial charge in [0, 0.05) is 5.56 Å². The van der Waals surface area contributed by atoms with Gasteiger partial charge in [-0.1, -0.05) is 90.0 Å². The van der Waals surface area contributed by atoms with Crippen molar-refractivity contribution in [1.82, 2.24) is 0 Å². The molecule has 5 rings (SSSR count). The molecule has 5 aromatic rings. The fraction of sp³-hybridized carbons (Fsp3) is 0.0857. The van der Waals surface area contributed by atoms with Crippen LogP contribution >= 0.6 is 0 Å². The molecule has 4 heteroatoms. The molecule has 0 heterocycles. The number of aliphatic imine (C=N–C) groups is 1. The molecule has 0 bridgehead atoms. The summed E-state index contributed by atoms with van der Waals surface area (Å²) in [5, 5.41) is 3.75. The van der Waals surface area contributed by atoms with E-state index in [0.29, 0.717) is 0 Å². The van der Waals surface area contributed by atoms with Crippen molar-refractivity contribution in [1.29, 1.82) is 0 Å². The molecule has 0 aliphatic rings. The van der Waals surface area contributed by atoms with E-state index >= 15 is 0 Å². The highest BCUT2D eigenvalue weighted by Gasteiger charge is 2.25. The highest BCUT2D eigenvalue weighted by Crippen LogP contribution is 2.25. The number of nitrogens with zero attached hydrogens (tertiary/aromatic N) is 2. The van der Waals surface area contributed by atoms with Crippen molar-refractivity contribution in [3.8, 4) is 0 Å². The van der Waals surface area contributed by atoms with Gasteiger partial charge in [-0.25, -0.2) is 0 Å². The minimum atomic E-state index is 0.